The zero-order valence-corrected chi connectivity index (χ0v) is 41.2. The Morgan fingerprint density at radius 2 is 1.00 bits per heavy atom. The fourth-order valence-corrected chi connectivity index (χ4v) is 10.8. The van der Waals surface area contributed by atoms with E-state index in [0.29, 0.717) is 71.8 Å². The van der Waals surface area contributed by atoms with Crippen LogP contribution >= 0.6 is 62.3 Å². The Hall–Kier alpha value is -4.83. The van der Waals surface area contributed by atoms with Crippen LogP contribution in [0.15, 0.2) is 89.4 Å². The van der Waals surface area contributed by atoms with Gasteiger partial charge in [0, 0.05) is 63.0 Å². The van der Waals surface area contributed by atoms with Crippen LogP contribution in [-0.4, -0.2) is 114 Å². The Morgan fingerprint density at radius 1 is 0.621 bits per heavy atom. The van der Waals surface area contributed by atoms with E-state index < -0.39 is 31.5 Å². The van der Waals surface area contributed by atoms with Gasteiger partial charge in [0.25, 0.3) is 18.3 Å². The summed E-state index contributed by atoms with van der Waals surface area (Å²) in [4.78, 5) is 36.8. The van der Waals surface area contributed by atoms with Gasteiger partial charge in [-0.2, -0.15) is 10.2 Å². The second-order valence-electron chi connectivity index (χ2n) is 15.1. The molecule has 4 heterocycles. The maximum absolute atomic E-state index is 13.1. The summed E-state index contributed by atoms with van der Waals surface area (Å²) < 4.78 is 55.7. The summed E-state index contributed by atoms with van der Waals surface area (Å²) in [6.07, 6.45) is 0. The van der Waals surface area contributed by atoms with Crippen LogP contribution in [0.3, 0.4) is 0 Å². The molecule has 0 radical (unpaired) electrons. The molecule has 16 nitrogen and oxygen atoms in total. The fourth-order valence-electron chi connectivity index (χ4n) is 7.15. The predicted octanol–water partition coefficient (Wildman–Crippen LogP) is 7.36. The lowest BCUT2D eigenvalue weighted by molar-refractivity contribution is -0.120. The quantitative estimate of drug-likeness (QED) is 0.130. The molecule has 2 aliphatic rings. The molecule has 346 valence electrons. The molecule has 4 aromatic carbocycles. The number of ether oxygens (including phenoxy) is 1. The number of hydrogen-bond acceptors (Lipinski definition) is 12. The molecule has 2 N–H and O–H groups in total. The summed E-state index contributed by atoms with van der Waals surface area (Å²) in [6.45, 7) is 4.78. The molecule has 0 bridgehead atoms. The maximum atomic E-state index is 13.1. The molecule has 0 unspecified atom stereocenters. The van der Waals surface area contributed by atoms with Gasteiger partial charge in [-0.1, -0.05) is 74.5 Å². The van der Waals surface area contributed by atoms with Gasteiger partial charge in [0.1, 0.15) is 5.75 Å². The van der Waals surface area contributed by atoms with Crippen molar-refractivity contribution in [2.24, 2.45) is 0 Å². The SMILES string of the molecule is Cc1c(C(=O)NN2CCS(=O)(=O)CC2)nn(-c2ccc(Cl)cc2Cl)c1-c1ccc(Br)cc1.Cc1c(C(=O)NN2CCS(=O)(=O)CC2)nn(-c2ccc(Cl)cc2Cl)c1-c1ccc(OC=O)cc1. The molecular weight excluding hydrogens is 1040 g/mol. The Morgan fingerprint density at radius 3 is 1.36 bits per heavy atom. The van der Waals surface area contributed by atoms with Crippen molar-refractivity contribution in [3.05, 3.63) is 132 Å². The standard InChI is InChI=1S/C22H20Cl2N4O5S.C21H19BrCl2N4O3S/c1-14-20(22(30)26-27-8-10-34(31,32)11-9-27)25-28(19-7-4-16(23)12-18(19)24)21(14)15-2-5-17(6-3-15)33-13-29;1-13-19(21(29)26-27-8-10-32(30,31)11-9-27)25-28(18-7-6-16(23)12-17(18)24)20(13)14-2-4-15(22)5-3-14/h2-7,12-13H,8-11H2,1H3,(H,26,30);2-7,12H,8-11H2,1H3,(H,26,29). The van der Waals surface area contributed by atoms with Gasteiger partial charge >= 0.3 is 0 Å². The molecule has 2 aliphatic heterocycles. The minimum Gasteiger partial charge on any atom is -0.429 e. The van der Waals surface area contributed by atoms with E-state index in [-0.39, 0.29) is 60.6 Å². The van der Waals surface area contributed by atoms with Gasteiger partial charge in [0.05, 0.1) is 55.8 Å². The summed E-state index contributed by atoms with van der Waals surface area (Å²) in [6, 6.07) is 24.4. The van der Waals surface area contributed by atoms with Crippen LogP contribution in [0.4, 0.5) is 0 Å². The Bertz CT molecular complexity index is 3030. The molecule has 23 heteroatoms. The van der Waals surface area contributed by atoms with Crippen LogP contribution in [0.1, 0.15) is 32.1 Å². The van der Waals surface area contributed by atoms with Crippen LogP contribution in [0.5, 0.6) is 5.75 Å². The highest BCUT2D eigenvalue weighted by atomic mass is 79.9. The first-order chi connectivity index (χ1) is 31.3. The van der Waals surface area contributed by atoms with Crippen molar-refractivity contribution >= 4 is 100 Å². The lowest BCUT2D eigenvalue weighted by atomic mass is 10.1. The van der Waals surface area contributed by atoms with Gasteiger partial charge in [0.15, 0.2) is 31.1 Å². The first-order valence-corrected chi connectivity index (χ1v) is 25.9. The zero-order valence-electron chi connectivity index (χ0n) is 35.0. The van der Waals surface area contributed by atoms with Crippen molar-refractivity contribution in [2.75, 3.05) is 49.2 Å². The minimum atomic E-state index is -3.09. The predicted molar refractivity (Wildman–Crippen MR) is 257 cm³/mol. The number of nitrogens with one attached hydrogen (secondary N) is 2. The van der Waals surface area contributed by atoms with Gasteiger partial charge < -0.3 is 4.74 Å². The second kappa shape index (κ2) is 20.6. The zero-order chi connectivity index (χ0) is 47.5. The number of amides is 2. The van der Waals surface area contributed by atoms with Gasteiger partial charge in [-0.25, -0.2) is 36.2 Å². The molecule has 66 heavy (non-hydrogen) atoms. The van der Waals surface area contributed by atoms with Crippen molar-refractivity contribution in [3.8, 4) is 39.6 Å². The van der Waals surface area contributed by atoms with Gasteiger partial charge in [0.2, 0.25) is 0 Å². The van der Waals surface area contributed by atoms with Crippen LogP contribution in [-0.2, 0) is 24.5 Å². The fraction of sp³-hybridized carbons (Fsp3) is 0.233. The lowest BCUT2D eigenvalue weighted by Gasteiger charge is -2.26. The van der Waals surface area contributed by atoms with Crippen molar-refractivity contribution in [1.29, 1.82) is 0 Å². The monoisotopic (exact) mass is 1080 g/mol. The molecule has 0 saturated carbocycles. The summed E-state index contributed by atoms with van der Waals surface area (Å²) >= 11 is 28.5. The van der Waals surface area contributed by atoms with E-state index in [1.54, 1.807) is 87.0 Å². The number of benzene rings is 4. The van der Waals surface area contributed by atoms with Crippen molar-refractivity contribution < 1.29 is 36.0 Å². The number of aromatic nitrogens is 4. The average molecular weight is 1080 g/mol. The highest BCUT2D eigenvalue weighted by molar-refractivity contribution is 9.10. The molecule has 2 amide bonds. The van der Waals surface area contributed by atoms with Crippen LogP contribution < -0.4 is 15.6 Å². The Kier molecular flexibility index (Phi) is 15.3. The number of rotatable bonds is 10. The number of carbonyl (C=O) groups is 3. The molecule has 0 spiro atoms. The number of sulfone groups is 2. The van der Waals surface area contributed by atoms with Crippen molar-refractivity contribution in [1.82, 2.24) is 40.4 Å². The molecule has 2 fully saturated rings. The highest BCUT2D eigenvalue weighted by Gasteiger charge is 2.29. The molecule has 6 aromatic rings. The number of halogens is 5. The van der Waals surface area contributed by atoms with E-state index >= 15 is 0 Å². The maximum Gasteiger partial charge on any atom is 0.298 e. The van der Waals surface area contributed by atoms with Crippen LogP contribution in [0.25, 0.3) is 33.9 Å². The molecule has 0 atom stereocenters. The molecule has 2 saturated heterocycles. The first-order valence-electron chi connectivity index (χ1n) is 19.9. The largest absolute Gasteiger partial charge is 0.429 e. The molecule has 2 aromatic heterocycles. The van der Waals surface area contributed by atoms with E-state index in [9.17, 15) is 31.2 Å². The Labute approximate surface area is 408 Å². The molecule has 0 aliphatic carbocycles. The minimum absolute atomic E-state index is 0.00519. The van der Waals surface area contributed by atoms with E-state index in [0.717, 1.165) is 10.0 Å². The van der Waals surface area contributed by atoms with Gasteiger partial charge in [-0.15, -0.1) is 0 Å². The van der Waals surface area contributed by atoms with Crippen molar-refractivity contribution in [3.63, 3.8) is 0 Å². The van der Waals surface area contributed by atoms with E-state index in [4.69, 9.17) is 51.1 Å². The number of hydrazine groups is 2. The van der Waals surface area contributed by atoms with E-state index in [2.05, 4.69) is 37.0 Å². The third-order valence-electron chi connectivity index (χ3n) is 10.6. The number of hydrogen-bond donors (Lipinski definition) is 2. The lowest BCUT2D eigenvalue weighted by Crippen LogP contribution is -2.50. The topological polar surface area (TPSA) is 195 Å². The van der Waals surface area contributed by atoms with E-state index in [1.165, 1.54) is 0 Å². The third kappa shape index (κ3) is 11.5. The number of nitrogens with zero attached hydrogens (tertiary/aromatic N) is 6. The average Bonchev–Trinajstić information content (AvgIpc) is 3.79. The van der Waals surface area contributed by atoms with Gasteiger partial charge in [-0.3, -0.25) is 25.2 Å². The number of carbonyl (C=O) groups excluding carboxylic acids is 3. The van der Waals surface area contributed by atoms with Crippen molar-refractivity contribution in [2.45, 2.75) is 13.8 Å². The van der Waals surface area contributed by atoms with Gasteiger partial charge in [-0.05, 0) is 86.6 Å². The third-order valence-corrected chi connectivity index (χ3v) is 15.4. The van der Waals surface area contributed by atoms with Crippen LogP contribution in [0, 0.1) is 13.8 Å². The summed E-state index contributed by atoms with van der Waals surface area (Å²) in [5.74, 6) is -0.559. The summed E-state index contributed by atoms with van der Waals surface area (Å²) in [5.41, 5.74) is 11.1. The highest BCUT2D eigenvalue weighted by Crippen LogP contribution is 2.35. The Balaban J connectivity index is 0.000000197. The van der Waals surface area contributed by atoms with Crippen LogP contribution in [0.2, 0.25) is 20.1 Å². The molecular formula is C43H39BrCl4N8O8S2. The summed E-state index contributed by atoms with van der Waals surface area (Å²) in [7, 11) is -6.14. The first kappa shape index (κ1) is 49.1. The normalized spacial score (nSPS) is 15.9. The summed E-state index contributed by atoms with van der Waals surface area (Å²) in [5, 5.41) is 14.0. The second-order valence-corrected chi connectivity index (χ2v) is 22.3. The van der Waals surface area contributed by atoms with E-state index in [1.807, 2.05) is 31.2 Å². The molecule has 8 rings (SSSR count). The smallest absolute Gasteiger partial charge is 0.298 e.